The second kappa shape index (κ2) is 9.27. The molecule has 0 radical (unpaired) electrons. The van der Waals surface area contributed by atoms with Crippen LogP contribution in [0.15, 0.2) is 47.4 Å². The van der Waals surface area contributed by atoms with Gasteiger partial charge in [-0.1, -0.05) is 30.3 Å². The molecule has 1 aromatic heterocycles. The fraction of sp³-hybridized carbons (Fsp3) is 0.474. The minimum absolute atomic E-state index is 0.150. The van der Waals surface area contributed by atoms with Gasteiger partial charge in [0.1, 0.15) is 6.10 Å². The number of nitrogens with one attached hydrogen (secondary N) is 1. The summed E-state index contributed by atoms with van der Waals surface area (Å²) in [4.78, 5) is 49.4. The number of rotatable bonds is 10. The van der Waals surface area contributed by atoms with Crippen LogP contribution in [-0.4, -0.2) is 59.2 Å². The zero-order chi connectivity index (χ0) is 24.7. The van der Waals surface area contributed by atoms with Gasteiger partial charge in [0, 0.05) is 12.1 Å². The number of hydrogen-bond donors (Lipinski definition) is 6. The first-order valence-electron chi connectivity index (χ1n) is 10.3. The highest BCUT2D eigenvalue weighted by Gasteiger charge is 2.72. The van der Waals surface area contributed by atoms with Gasteiger partial charge in [-0.05, 0) is 24.0 Å². The van der Waals surface area contributed by atoms with Gasteiger partial charge < -0.3 is 29.4 Å². The van der Waals surface area contributed by atoms with Gasteiger partial charge in [-0.15, -0.1) is 0 Å². The van der Waals surface area contributed by atoms with E-state index in [0.29, 0.717) is 0 Å². The van der Waals surface area contributed by atoms with E-state index in [1.54, 1.807) is 0 Å². The molecule has 6 atom stereocenters. The van der Waals surface area contributed by atoms with Crippen molar-refractivity contribution in [3.63, 3.8) is 0 Å². The summed E-state index contributed by atoms with van der Waals surface area (Å²) in [5, 5.41) is 21.1. The molecule has 2 aliphatic rings. The Balaban J connectivity index is 1.42. The standard InChI is InChI=1S/C19H25N3O10P2/c23-16-13(10-32-34(29,30)11-33(26,27)28)14-8-19(14,17(16)24)22-7-6-15(20-18(22)25)21-31-9-12-4-2-1-3-5-12/h1-7,13-14,16-17,23-24H,8-11H2,(H,29,30)(H,20,21,25)(H2,26,27,28)/t13-,14-,16+,17+,19+/m0/s1. The van der Waals surface area contributed by atoms with Crippen molar-refractivity contribution in [1.29, 1.82) is 0 Å². The molecule has 0 bridgehead atoms. The van der Waals surface area contributed by atoms with Crippen molar-refractivity contribution in [2.24, 2.45) is 11.8 Å². The number of aliphatic hydroxyl groups is 2. The molecule has 2 aromatic rings. The molecule has 1 heterocycles. The summed E-state index contributed by atoms with van der Waals surface area (Å²) in [5.41, 5.74) is 1.63. The molecule has 0 amide bonds. The topological polar surface area (TPSA) is 201 Å². The Morgan fingerprint density at radius 1 is 1.15 bits per heavy atom. The summed E-state index contributed by atoms with van der Waals surface area (Å²) in [7, 11) is -9.42. The lowest BCUT2D eigenvalue weighted by Crippen LogP contribution is -2.43. The number of fused-ring (bicyclic) bond motifs is 1. The minimum atomic E-state index is -4.80. The van der Waals surface area contributed by atoms with Crippen molar-refractivity contribution in [2.45, 2.75) is 30.8 Å². The predicted molar refractivity (Wildman–Crippen MR) is 118 cm³/mol. The number of hydrogen-bond acceptors (Lipinski definition) is 9. The summed E-state index contributed by atoms with van der Waals surface area (Å²) in [6.07, 6.45) is -1.06. The quantitative estimate of drug-likeness (QED) is 0.185. The Bertz CT molecular complexity index is 1190. The van der Waals surface area contributed by atoms with Gasteiger partial charge in [-0.3, -0.25) is 18.5 Å². The molecular formula is C19H25N3O10P2. The largest absolute Gasteiger partial charge is 0.390 e. The number of nitrogens with zero attached hydrogens (tertiary/aromatic N) is 2. The van der Waals surface area contributed by atoms with E-state index in [-0.39, 0.29) is 18.8 Å². The van der Waals surface area contributed by atoms with Gasteiger partial charge in [0.2, 0.25) is 0 Å². The summed E-state index contributed by atoms with van der Waals surface area (Å²) < 4.78 is 29.0. The molecular weight excluding hydrogens is 492 g/mol. The third-order valence-corrected chi connectivity index (χ3v) is 9.62. The van der Waals surface area contributed by atoms with E-state index in [1.165, 1.54) is 16.8 Å². The third kappa shape index (κ3) is 5.18. The van der Waals surface area contributed by atoms with E-state index in [4.69, 9.17) is 19.1 Å². The van der Waals surface area contributed by atoms with E-state index >= 15 is 0 Å². The molecule has 1 unspecified atom stereocenters. The molecule has 13 nitrogen and oxygen atoms in total. The highest BCUT2D eigenvalue weighted by molar-refractivity contribution is 7.70. The molecule has 186 valence electrons. The lowest BCUT2D eigenvalue weighted by atomic mass is 10.0. The van der Waals surface area contributed by atoms with Crippen molar-refractivity contribution in [1.82, 2.24) is 9.55 Å². The second-order valence-electron chi connectivity index (χ2n) is 8.48. The van der Waals surface area contributed by atoms with E-state index in [9.17, 15) is 29.0 Å². The van der Waals surface area contributed by atoms with E-state index < -0.39 is 63.0 Å². The van der Waals surface area contributed by atoms with Crippen LogP contribution in [0.3, 0.4) is 0 Å². The van der Waals surface area contributed by atoms with Crippen LogP contribution in [0.1, 0.15) is 12.0 Å². The maximum atomic E-state index is 12.7. The van der Waals surface area contributed by atoms with Crippen molar-refractivity contribution in [2.75, 3.05) is 18.0 Å². The number of anilines is 1. The molecule has 2 saturated carbocycles. The van der Waals surface area contributed by atoms with Crippen molar-refractivity contribution in [3.8, 4) is 0 Å². The van der Waals surface area contributed by atoms with Gasteiger partial charge >= 0.3 is 20.9 Å². The van der Waals surface area contributed by atoms with Crippen molar-refractivity contribution in [3.05, 3.63) is 58.6 Å². The first-order valence-corrected chi connectivity index (χ1v) is 13.9. The normalized spacial score (nSPS) is 29.9. The molecule has 6 N–H and O–H groups in total. The summed E-state index contributed by atoms with van der Waals surface area (Å²) in [5.74, 6) is -2.51. The van der Waals surface area contributed by atoms with Crippen molar-refractivity contribution >= 4 is 21.0 Å². The van der Waals surface area contributed by atoms with E-state index in [2.05, 4.69) is 10.5 Å². The van der Waals surface area contributed by atoms with Crippen LogP contribution in [0, 0.1) is 11.8 Å². The highest BCUT2D eigenvalue weighted by atomic mass is 31.2. The Labute approximate surface area is 193 Å². The highest BCUT2D eigenvalue weighted by Crippen LogP contribution is 2.64. The lowest BCUT2D eigenvalue weighted by Gasteiger charge is -2.25. The second-order valence-corrected chi connectivity index (χ2v) is 12.5. The molecule has 15 heteroatoms. The summed E-state index contributed by atoms with van der Waals surface area (Å²) in [6.45, 7) is -0.283. The molecule has 0 saturated heterocycles. The van der Waals surface area contributed by atoms with Crippen LogP contribution in [-0.2, 0) is 30.6 Å². The molecule has 2 aliphatic carbocycles. The van der Waals surface area contributed by atoms with E-state index in [0.717, 1.165) is 5.56 Å². The van der Waals surface area contributed by atoms with Crippen LogP contribution in [0.4, 0.5) is 5.82 Å². The predicted octanol–water partition coefficient (Wildman–Crippen LogP) is 0.191. The third-order valence-electron chi connectivity index (χ3n) is 6.16. The molecule has 2 fully saturated rings. The average molecular weight is 517 g/mol. The van der Waals surface area contributed by atoms with Crippen molar-refractivity contribution < 1.29 is 43.4 Å². The van der Waals surface area contributed by atoms with Crippen LogP contribution < -0.4 is 11.2 Å². The monoisotopic (exact) mass is 517 g/mol. The smallest absolute Gasteiger partial charge is 0.350 e. The first-order chi connectivity index (χ1) is 15.9. The van der Waals surface area contributed by atoms with Gasteiger partial charge in [-0.25, -0.2) is 10.3 Å². The lowest BCUT2D eigenvalue weighted by molar-refractivity contribution is -0.0268. The number of aliphatic hydroxyl groups excluding tert-OH is 2. The maximum Gasteiger partial charge on any atom is 0.350 e. The van der Waals surface area contributed by atoms with Gasteiger partial charge in [0.25, 0.3) is 0 Å². The average Bonchev–Trinajstić information content (AvgIpc) is 3.43. The number of benzene rings is 1. The van der Waals surface area contributed by atoms with E-state index in [1.807, 2.05) is 30.3 Å². The Kier molecular flexibility index (Phi) is 6.87. The minimum Gasteiger partial charge on any atom is -0.390 e. The molecule has 0 spiro atoms. The zero-order valence-electron chi connectivity index (χ0n) is 17.7. The van der Waals surface area contributed by atoms with Gasteiger partial charge in [0.05, 0.1) is 24.9 Å². The van der Waals surface area contributed by atoms with Crippen LogP contribution >= 0.6 is 15.2 Å². The molecule has 34 heavy (non-hydrogen) atoms. The molecule has 0 aliphatic heterocycles. The van der Waals surface area contributed by atoms with Crippen LogP contribution in [0.2, 0.25) is 0 Å². The summed E-state index contributed by atoms with van der Waals surface area (Å²) >= 11 is 0. The fourth-order valence-electron chi connectivity index (χ4n) is 4.58. The van der Waals surface area contributed by atoms with Gasteiger partial charge in [0.15, 0.2) is 11.7 Å². The first kappa shape index (κ1) is 25.2. The van der Waals surface area contributed by atoms with Gasteiger partial charge in [-0.2, -0.15) is 4.98 Å². The zero-order valence-corrected chi connectivity index (χ0v) is 19.5. The Morgan fingerprint density at radius 3 is 2.50 bits per heavy atom. The Morgan fingerprint density at radius 2 is 1.85 bits per heavy atom. The SMILES string of the molecule is O=c1nc(NOCc2ccccc2)ccn1[C@]12C[C@H]1[C@H](COP(=O)(O)CP(=O)(O)O)[C@@H](O)[C@H]2O. The maximum absolute atomic E-state index is 12.7. The fourth-order valence-corrected chi connectivity index (χ4v) is 7.17. The molecule has 4 rings (SSSR count). The number of aromatic nitrogens is 2. The summed E-state index contributed by atoms with van der Waals surface area (Å²) in [6, 6.07) is 10.8. The Hall–Kier alpha value is -1.92. The molecule has 1 aromatic carbocycles. The van der Waals surface area contributed by atoms with Crippen LogP contribution in [0.5, 0.6) is 0 Å². The van der Waals surface area contributed by atoms with Crippen LogP contribution in [0.25, 0.3) is 0 Å².